The SMILES string of the molecule is CCCCCC(C)(C)c1cc(-n2nc3cc(C(F)(F)F)ccc3[n+]2[O-])c(O)c(C(C)(c2ccccc2)c2ccccc2)c1. The van der Waals surface area contributed by atoms with Crippen LogP contribution in [0.5, 0.6) is 5.75 Å². The maximum atomic E-state index is 13.5. The molecule has 5 rings (SSSR count). The molecule has 0 bridgehead atoms. The summed E-state index contributed by atoms with van der Waals surface area (Å²) in [7, 11) is 0. The van der Waals surface area contributed by atoms with Crippen LogP contribution >= 0.6 is 0 Å². The molecule has 0 radical (unpaired) electrons. The van der Waals surface area contributed by atoms with Crippen LogP contribution in [0, 0.1) is 5.21 Å². The van der Waals surface area contributed by atoms with Crippen molar-refractivity contribution in [1.29, 1.82) is 0 Å². The molecule has 0 unspecified atom stereocenters. The highest BCUT2D eigenvalue weighted by atomic mass is 19.4. The van der Waals surface area contributed by atoms with Gasteiger partial charge in [0.25, 0.3) is 5.52 Å². The number of aromatic hydroxyl groups is 1. The molecule has 0 amide bonds. The van der Waals surface area contributed by atoms with E-state index >= 15 is 0 Å². The number of halogens is 3. The van der Waals surface area contributed by atoms with Crippen molar-refractivity contribution < 1.29 is 23.1 Å². The largest absolute Gasteiger partial charge is 0.692 e. The molecule has 1 N–H and O–H groups in total. The molecule has 8 heteroatoms. The van der Waals surface area contributed by atoms with Gasteiger partial charge in [-0.3, -0.25) is 0 Å². The van der Waals surface area contributed by atoms with Crippen molar-refractivity contribution >= 4 is 11.0 Å². The second-order valence-electron chi connectivity index (χ2n) is 12.0. The normalized spacial score (nSPS) is 12.6. The fourth-order valence-electron chi connectivity index (χ4n) is 5.86. The Kier molecular flexibility index (Phi) is 7.99. The summed E-state index contributed by atoms with van der Waals surface area (Å²) in [5.74, 6) is -0.170. The van der Waals surface area contributed by atoms with Crippen LogP contribution in [0.25, 0.3) is 16.7 Å². The summed E-state index contributed by atoms with van der Waals surface area (Å²) in [6.07, 6.45) is -0.586. The summed E-state index contributed by atoms with van der Waals surface area (Å²) in [6.45, 7) is 8.44. The molecule has 0 atom stereocenters. The average molecular weight is 588 g/mol. The second-order valence-corrected chi connectivity index (χ2v) is 12.0. The van der Waals surface area contributed by atoms with Gasteiger partial charge in [-0.15, -0.1) is 4.85 Å². The molecule has 0 aliphatic rings. The number of alkyl halides is 3. The van der Waals surface area contributed by atoms with Gasteiger partial charge in [0.05, 0.1) is 10.7 Å². The minimum atomic E-state index is -4.59. The third-order valence-corrected chi connectivity index (χ3v) is 8.62. The van der Waals surface area contributed by atoms with Crippen molar-refractivity contribution in [1.82, 2.24) is 9.90 Å². The third-order valence-electron chi connectivity index (χ3n) is 8.62. The maximum absolute atomic E-state index is 13.5. The Morgan fingerprint density at radius 3 is 1.95 bits per heavy atom. The van der Waals surface area contributed by atoms with E-state index in [1.807, 2.05) is 73.7 Å². The molecule has 0 fully saturated rings. The van der Waals surface area contributed by atoms with Gasteiger partial charge in [0.15, 0.2) is 11.4 Å². The fraction of sp³-hybridized carbons (Fsp3) is 0.314. The number of phenolic OH excluding ortho intramolecular Hbond substituents is 1. The second kappa shape index (κ2) is 11.4. The number of hydrogen-bond acceptors (Lipinski definition) is 3. The van der Waals surface area contributed by atoms with Crippen molar-refractivity contribution in [2.45, 2.75) is 70.4 Å². The summed E-state index contributed by atoms with van der Waals surface area (Å²) in [5.41, 5.74) is 1.18. The fourth-order valence-corrected chi connectivity index (χ4v) is 5.86. The molecule has 5 aromatic rings. The first-order valence-electron chi connectivity index (χ1n) is 14.6. The summed E-state index contributed by atoms with van der Waals surface area (Å²) in [4.78, 5) is 1.40. The maximum Gasteiger partial charge on any atom is 0.416 e. The smallest absolute Gasteiger partial charge is 0.416 e. The molecule has 0 spiro atoms. The Labute approximate surface area is 249 Å². The molecule has 43 heavy (non-hydrogen) atoms. The minimum absolute atomic E-state index is 0.0320. The van der Waals surface area contributed by atoms with Crippen LogP contribution in [-0.4, -0.2) is 15.0 Å². The highest BCUT2D eigenvalue weighted by Gasteiger charge is 2.38. The predicted molar refractivity (Wildman–Crippen MR) is 162 cm³/mol. The molecule has 0 aliphatic carbocycles. The predicted octanol–water partition coefficient (Wildman–Crippen LogP) is 8.60. The van der Waals surface area contributed by atoms with Crippen LogP contribution < -0.4 is 4.85 Å². The number of rotatable bonds is 9. The lowest BCUT2D eigenvalue weighted by atomic mass is 9.68. The van der Waals surface area contributed by atoms with Crippen LogP contribution in [0.15, 0.2) is 91.0 Å². The molecule has 1 heterocycles. The Balaban J connectivity index is 1.82. The summed E-state index contributed by atoms with van der Waals surface area (Å²) in [6, 6.07) is 26.2. The van der Waals surface area contributed by atoms with E-state index in [4.69, 9.17) is 0 Å². The lowest BCUT2D eigenvalue weighted by Gasteiger charge is -2.35. The zero-order valence-corrected chi connectivity index (χ0v) is 24.8. The van der Waals surface area contributed by atoms with E-state index in [1.165, 1.54) is 0 Å². The molecule has 0 saturated carbocycles. The van der Waals surface area contributed by atoms with E-state index in [0.717, 1.165) is 65.4 Å². The van der Waals surface area contributed by atoms with Gasteiger partial charge in [-0.2, -0.15) is 13.2 Å². The highest BCUT2D eigenvalue weighted by molar-refractivity contribution is 5.72. The minimum Gasteiger partial charge on any atom is -0.692 e. The number of aromatic nitrogens is 3. The van der Waals surface area contributed by atoms with Crippen LogP contribution in [0.2, 0.25) is 0 Å². The summed E-state index contributed by atoms with van der Waals surface area (Å²) >= 11 is 0. The van der Waals surface area contributed by atoms with Gasteiger partial charge in [0.1, 0.15) is 0 Å². The van der Waals surface area contributed by atoms with Gasteiger partial charge in [-0.05, 0) is 58.4 Å². The summed E-state index contributed by atoms with van der Waals surface area (Å²) in [5, 5.41) is 29.9. The molecular weight excluding hydrogens is 551 g/mol. The monoisotopic (exact) mass is 587 g/mol. The van der Waals surface area contributed by atoms with Crippen LogP contribution in [0.3, 0.4) is 0 Å². The number of nitrogens with zero attached hydrogens (tertiary/aromatic N) is 3. The Hall–Kier alpha value is -4.33. The van der Waals surface area contributed by atoms with E-state index in [1.54, 1.807) is 6.07 Å². The lowest BCUT2D eigenvalue weighted by molar-refractivity contribution is -0.664. The van der Waals surface area contributed by atoms with Crippen molar-refractivity contribution in [3.8, 4) is 11.4 Å². The zero-order chi connectivity index (χ0) is 31.0. The van der Waals surface area contributed by atoms with Gasteiger partial charge in [-0.25, -0.2) is 0 Å². The van der Waals surface area contributed by atoms with Crippen molar-refractivity contribution in [3.05, 3.63) is 124 Å². The third kappa shape index (κ3) is 5.58. The molecule has 1 aromatic heterocycles. The van der Waals surface area contributed by atoms with Gasteiger partial charge in [0.2, 0.25) is 5.52 Å². The molecule has 0 aliphatic heterocycles. The first-order chi connectivity index (χ1) is 20.4. The Bertz CT molecular complexity index is 1690. The van der Waals surface area contributed by atoms with Crippen molar-refractivity contribution in [3.63, 3.8) is 0 Å². The first kappa shape index (κ1) is 30.1. The van der Waals surface area contributed by atoms with Gasteiger partial charge in [-0.1, -0.05) is 107 Å². The van der Waals surface area contributed by atoms with Crippen LogP contribution in [-0.2, 0) is 17.0 Å². The zero-order valence-electron chi connectivity index (χ0n) is 24.8. The number of unbranched alkanes of at least 4 members (excludes halogenated alkanes) is 2. The quantitative estimate of drug-likeness (QED) is 0.0813. The molecule has 5 nitrogen and oxygen atoms in total. The number of hydrogen-bond donors (Lipinski definition) is 1. The van der Waals surface area contributed by atoms with E-state index in [-0.39, 0.29) is 27.9 Å². The Morgan fingerprint density at radius 2 is 1.40 bits per heavy atom. The van der Waals surface area contributed by atoms with Crippen LogP contribution in [0.4, 0.5) is 13.2 Å². The van der Waals surface area contributed by atoms with Gasteiger partial charge < -0.3 is 10.3 Å². The van der Waals surface area contributed by atoms with Crippen molar-refractivity contribution in [2.75, 3.05) is 0 Å². The topological polar surface area (TPSA) is 65.0 Å². The van der Waals surface area contributed by atoms with E-state index in [0.29, 0.717) is 10.4 Å². The van der Waals surface area contributed by atoms with Gasteiger partial charge in [0, 0.05) is 17.0 Å². The molecular formula is C35H36F3N3O2. The lowest BCUT2D eigenvalue weighted by Crippen LogP contribution is -2.38. The number of fused-ring (bicyclic) bond motifs is 1. The van der Waals surface area contributed by atoms with E-state index < -0.39 is 17.2 Å². The molecule has 4 aromatic carbocycles. The summed E-state index contributed by atoms with van der Waals surface area (Å²) < 4.78 is 40.4. The van der Waals surface area contributed by atoms with Crippen LogP contribution in [0.1, 0.15) is 81.2 Å². The van der Waals surface area contributed by atoms with E-state index in [9.17, 15) is 23.5 Å². The Morgan fingerprint density at radius 1 is 0.791 bits per heavy atom. The number of phenols is 1. The first-order valence-corrected chi connectivity index (χ1v) is 14.6. The van der Waals surface area contributed by atoms with Crippen molar-refractivity contribution in [2.24, 2.45) is 0 Å². The van der Waals surface area contributed by atoms with E-state index in [2.05, 4.69) is 25.9 Å². The highest BCUT2D eigenvalue weighted by Crippen LogP contribution is 2.47. The number of benzene rings is 4. The molecule has 224 valence electrons. The average Bonchev–Trinajstić information content (AvgIpc) is 3.32. The standard InChI is InChI=1S/C35H36F3N3O2/c1-5-6-13-20-33(2,3)27-21-28(34(4,24-14-9-7-10-15-24)25-16-11-8-12-17-25)32(42)31(23-27)40-39-29-22-26(35(36,37)38)18-19-30(29)41(40)43/h7-12,14-19,21-23,42H,5-6,13,20H2,1-4H3. The van der Waals surface area contributed by atoms with Gasteiger partial charge >= 0.3 is 6.18 Å². The molecule has 0 saturated heterocycles.